The summed E-state index contributed by atoms with van der Waals surface area (Å²) in [5, 5.41) is 7.44. The number of benzene rings is 1. The molecule has 8 heterocycles. The van der Waals surface area contributed by atoms with Gasteiger partial charge in [-0.15, -0.1) is 0 Å². The van der Waals surface area contributed by atoms with Crippen LogP contribution in [0.4, 0.5) is 21.6 Å². The number of aromatic nitrogens is 5. The van der Waals surface area contributed by atoms with Gasteiger partial charge in [0.2, 0.25) is 11.8 Å². The van der Waals surface area contributed by atoms with Crippen LogP contribution in [0.5, 0.6) is 0 Å². The minimum Gasteiger partial charge on any atom is -0.368 e. The number of pyridine rings is 3. The van der Waals surface area contributed by atoms with Gasteiger partial charge < -0.3 is 9.80 Å². The molecule has 0 bridgehead atoms. The number of nitrogens with zero attached hydrogens (tertiary/aromatic N) is 9. The summed E-state index contributed by atoms with van der Waals surface area (Å²) >= 11 is 6.50. The first-order valence-electron chi connectivity index (χ1n) is 20.8. The maximum atomic E-state index is 16.3. The Morgan fingerprint density at radius 2 is 1.56 bits per heavy atom. The average Bonchev–Trinajstić information content (AvgIpc) is 3.99. The molecule has 4 aromatic heterocycles. The third kappa shape index (κ3) is 8.96. The van der Waals surface area contributed by atoms with E-state index in [-0.39, 0.29) is 34.0 Å². The van der Waals surface area contributed by atoms with Crippen molar-refractivity contribution in [2.24, 2.45) is 5.92 Å². The fraction of sp³-hybridized carbons (Fsp3) is 0.395. The van der Waals surface area contributed by atoms with E-state index in [0.717, 1.165) is 88.6 Å². The first-order chi connectivity index (χ1) is 29.6. The summed E-state index contributed by atoms with van der Waals surface area (Å²) < 4.78 is 47.8. The van der Waals surface area contributed by atoms with Crippen molar-refractivity contribution in [2.75, 3.05) is 73.4 Å². The van der Waals surface area contributed by atoms with E-state index in [2.05, 4.69) is 34.7 Å². The second-order valence-corrected chi connectivity index (χ2v) is 18.3. The molecule has 318 valence electrons. The molecule has 2 N–H and O–H groups in total. The zero-order chi connectivity index (χ0) is 42.1. The molecule has 61 heavy (non-hydrogen) atoms. The Hall–Kier alpha value is -5.49. The lowest BCUT2D eigenvalue weighted by atomic mass is 9.91. The molecule has 0 aliphatic carbocycles. The van der Waals surface area contributed by atoms with Gasteiger partial charge >= 0.3 is 10.2 Å². The third-order valence-corrected chi connectivity index (χ3v) is 14.0. The van der Waals surface area contributed by atoms with Crippen molar-refractivity contribution in [3.8, 4) is 28.2 Å². The molecule has 0 spiro atoms. The highest BCUT2D eigenvalue weighted by atomic mass is 35.5. The van der Waals surface area contributed by atoms with Crippen molar-refractivity contribution in [2.45, 2.75) is 44.4 Å². The Morgan fingerprint density at radius 3 is 2.25 bits per heavy atom. The van der Waals surface area contributed by atoms with E-state index in [4.69, 9.17) is 21.7 Å². The molecule has 4 saturated heterocycles. The van der Waals surface area contributed by atoms with Crippen molar-refractivity contribution in [3.05, 3.63) is 95.9 Å². The maximum absolute atomic E-state index is 16.3. The Balaban J connectivity index is 0.824. The van der Waals surface area contributed by atoms with Gasteiger partial charge in [0.15, 0.2) is 11.6 Å². The zero-order valence-corrected chi connectivity index (χ0v) is 35.2. The Labute approximate surface area is 359 Å². The number of imide groups is 1. The van der Waals surface area contributed by atoms with Gasteiger partial charge in [-0.25, -0.2) is 19.0 Å². The summed E-state index contributed by atoms with van der Waals surface area (Å²) in [5.74, 6) is 0.525. The van der Waals surface area contributed by atoms with Gasteiger partial charge in [0, 0.05) is 112 Å². The minimum atomic E-state index is -3.97. The predicted octanol–water partition coefficient (Wildman–Crippen LogP) is 5.50. The molecule has 18 heteroatoms. The van der Waals surface area contributed by atoms with E-state index in [9.17, 15) is 18.0 Å². The van der Waals surface area contributed by atoms with Crippen molar-refractivity contribution in [1.82, 2.24) is 39.3 Å². The zero-order valence-electron chi connectivity index (χ0n) is 33.6. The normalized spacial score (nSPS) is 19.7. The Bertz CT molecular complexity index is 2490. The minimum absolute atomic E-state index is 0.0973. The monoisotopic (exact) mass is 867 g/mol. The van der Waals surface area contributed by atoms with Crippen LogP contribution in [0.3, 0.4) is 0 Å². The van der Waals surface area contributed by atoms with E-state index in [1.807, 2.05) is 30.5 Å². The van der Waals surface area contributed by atoms with Crippen LogP contribution in [0, 0.1) is 11.7 Å². The molecule has 1 aromatic carbocycles. The number of halogens is 2. The van der Waals surface area contributed by atoms with Crippen LogP contribution in [-0.2, 0) is 19.8 Å². The lowest BCUT2D eigenvalue weighted by Crippen LogP contribution is -2.49. The SMILES string of the molecule is O=C1CC[C@@H](c2ccc(N3CCC(CN4CCN(c5ccc(-n6cc(-c7cc(Cl)cc(NS(=O)(=O)N8CCCC8)c7F)c(-c7ccncc7)n6)nc5)CC4)CC3)nc2)C(=O)N1. The highest BCUT2D eigenvalue weighted by Crippen LogP contribution is 2.38. The van der Waals surface area contributed by atoms with Crippen LogP contribution in [-0.4, -0.2) is 113 Å². The average molecular weight is 868 g/mol. The maximum Gasteiger partial charge on any atom is 0.301 e. The summed E-state index contributed by atoms with van der Waals surface area (Å²) in [6.07, 6.45) is 13.1. The second-order valence-electron chi connectivity index (χ2n) is 16.1. The number of anilines is 3. The van der Waals surface area contributed by atoms with Crippen molar-refractivity contribution in [3.63, 3.8) is 0 Å². The molecule has 9 rings (SSSR count). The fourth-order valence-electron chi connectivity index (χ4n) is 8.80. The molecule has 4 aliphatic heterocycles. The van der Waals surface area contributed by atoms with Crippen LogP contribution < -0.4 is 19.8 Å². The van der Waals surface area contributed by atoms with Crippen LogP contribution in [0.15, 0.2) is 79.5 Å². The number of rotatable bonds is 11. The largest absolute Gasteiger partial charge is 0.368 e. The van der Waals surface area contributed by atoms with E-state index in [1.165, 1.54) is 16.4 Å². The molecular formula is C43H47ClFN11O4S. The third-order valence-electron chi connectivity index (χ3n) is 12.2. The molecule has 1 atom stereocenters. The Kier molecular flexibility index (Phi) is 11.7. The molecule has 4 fully saturated rings. The Morgan fingerprint density at radius 1 is 0.820 bits per heavy atom. The van der Waals surface area contributed by atoms with Gasteiger partial charge in [-0.2, -0.15) is 17.8 Å². The number of carbonyl (C=O) groups excluding carboxylic acids is 2. The van der Waals surface area contributed by atoms with Gasteiger partial charge in [0.05, 0.1) is 23.5 Å². The van der Waals surface area contributed by atoms with Gasteiger partial charge in [0.1, 0.15) is 11.5 Å². The quantitative estimate of drug-likeness (QED) is 0.162. The van der Waals surface area contributed by atoms with E-state index >= 15 is 4.39 Å². The van der Waals surface area contributed by atoms with Gasteiger partial charge in [-0.05, 0) is 86.1 Å². The summed E-state index contributed by atoms with van der Waals surface area (Å²) in [6.45, 7) is 7.33. The van der Waals surface area contributed by atoms with Crippen molar-refractivity contribution in [1.29, 1.82) is 0 Å². The molecule has 0 saturated carbocycles. The van der Waals surface area contributed by atoms with Crippen LogP contribution in [0.1, 0.15) is 50.0 Å². The molecule has 2 amide bonds. The van der Waals surface area contributed by atoms with Crippen molar-refractivity contribution < 1.29 is 22.4 Å². The first-order valence-corrected chi connectivity index (χ1v) is 22.7. The number of carbonyl (C=O) groups is 2. The topological polar surface area (TPSA) is 162 Å². The molecule has 4 aliphatic rings. The van der Waals surface area contributed by atoms with Crippen LogP contribution >= 0.6 is 11.6 Å². The standard InChI is InChI=1S/C43H47ClFN11O4S/c44-32-23-35(41(45)37(24-32)51-61(59,60)55-15-1-2-16-55)36-28-56(50-42(36)30-9-13-46-14-10-30)39-7-4-33(26-48-39)53-21-19-52(20-22-53)27-29-11-17-54(18-12-29)38-6-3-31(25-47-38)34-5-8-40(57)49-43(34)58/h3-4,6-7,9-10,13-14,23-26,28-29,34,51H,1-2,5,8,11-12,15-22,27H2,(H,49,57,58)/t34-/m0/s1. The number of hydrogen-bond donors (Lipinski definition) is 2. The van der Waals surface area contributed by atoms with Crippen molar-refractivity contribution >= 4 is 50.8 Å². The number of amides is 2. The molecular weight excluding hydrogens is 821 g/mol. The lowest BCUT2D eigenvalue weighted by Gasteiger charge is -2.39. The molecule has 15 nitrogen and oxygen atoms in total. The summed E-state index contributed by atoms with van der Waals surface area (Å²) in [5.41, 5.74) is 3.28. The molecule has 0 radical (unpaired) electrons. The summed E-state index contributed by atoms with van der Waals surface area (Å²) in [7, 11) is -3.97. The summed E-state index contributed by atoms with van der Waals surface area (Å²) in [4.78, 5) is 44.6. The molecule has 0 unspecified atom stereocenters. The summed E-state index contributed by atoms with van der Waals surface area (Å²) in [6, 6.07) is 14.2. The highest BCUT2D eigenvalue weighted by Gasteiger charge is 2.31. The van der Waals surface area contributed by atoms with Crippen LogP contribution in [0.2, 0.25) is 5.02 Å². The fourth-order valence-corrected chi connectivity index (χ4v) is 10.3. The first kappa shape index (κ1) is 40.9. The highest BCUT2D eigenvalue weighted by molar-refractivity contribution is 7.90. The molecule has 5 aromatic rings. The lowest BCUT2D eigenvalue weighted by molar-refractivity contribution is -0.134. The number of piperazine rings is 1. The van der Waals surface area contributed by atoms with E-state index in [1.54, 1.807) is 41.6 Å². The van der Waals surface area contributed by atoms with E-state index in [0.29, 0.717) is 54.5 Å². The van der Waals surface area contributed by atoms with E-state index < -0.39 is 16.0 Å². The second kappa shape index (κ2) is 17.5. The number of hydrogen-bond acceptors (Lipinski definition) is 11. The smallest absolute Gasteiger partial charge is 0.301 e. The number of piperidine rings is 2. The number of nitrogens with one attached hydrogen (secondary N) is 2. The van der Waals surface area contributed by atoms with Gasteiger partial charge in [-0.3, -0.25) is 29.5 Å². The van der Waals surface area contributed by atoms with Gasteiger partial charge in [-0.1, -0.05) is 17.7 Å². The van der Waals surface area contributed by atoms with Gasteiger partial charge in [0.25, 0.3) is 0 Å². The van der Waals surface area contributed by atoms with Crippen LogP contribution in [0.25, 0.3) is 28.2 Å². The predicted molar refractivity (Wildman–Crippen MR) is 231 cm³/mol.